The van der Waals surface area contributed by atoms with Crippen molar-refractivity contribution in [3.8, 4) is 0 Å². The first-order valence-electron chi connectivity index (χ1n) is 5.98. The van der Waals surface area contributed by atoms with Gasteiger partial charge in [-0.15, -0.1) is 0 Å². The number of ether oxygens (including phenoxy) is 1. The maximum Gasteiger partial charge on any atom is 0.0889 e. The lowest BCUT2D eigenvalue weighted by molar-refractivity contribution is -0.00911. The average molecular weight is 223 g/mol. The molecule has 1 aliphatic rings. The van der Waals surface area contributed by atoms with Crippen LogP contribution < -0.4 is 5.32 Å². The summed E-state index contributed by atoms with van der Waals surface area (Å²) in [6.45, 7) is 7.02. The quantitative estimate of drug-likeness (QED) is 0.838. The summed E-state index contributed by atoms with van der Waals surface area (Å²) >= 11 is 0. The van der Waals surface area contributed by atoms with Crippen molar-refractivity contribution in [3.05, 3.63) is 17.5 Å². The van der Waals surface area contributed by atoms with Crippen LogP contribution in [0.1, 0.15) is 24.7 Å². The maximum atomic E-state index is 5.95. The number of aromatic nitrogens is 2. The van der Waals surface area contributed by atoms with Crippen molar-refractivity contribution in [3.63, 3.8) is 0 Å². The molecule has 0 saturated carbocycles. The molecule has 1 aliphatic heterocycles. The molecule has 0 aliphatic carbocycles. The smallest absolute Gasteiger partial charge is 0.0889 e. The average Bonchev–Trinajstić information content (AvgIpc) is 2.56. The summed E-state index contributed by atoms with van der Waals surface area (Å²) in [5.74, 6) is 0.649. The fraction of sp³-hybridized carbons (Fsp3) is 0.750. The summed E-state index contributed by atoms with van der Waals surface area (Å²) in [6, 6.07) is 2.08. The Hall–Kier alpha value is -0.870. The SMILES string of the molecule is Cc1cc(COC2CNCCC2C)n(C)n1. The zero-order valence-electron chi connectivity index (χ0n) is 10.4. The van der Waals surface area contributed by atoms with E-state index < -0.39 is 0 Å². The van der Waals surface area contributed by atoms with Crippen LogP contribution in [-0.2, 0) is 18.4 Å². The molecule has 2 rings (SSSR count). The third-order valence-corrected chi connectivity index (χ3v) is 3.30. The molecule has 90 valence electrons. The highest BCUT2D eigenvalue weighted by molar-refractivity contribution is 5.07. The molecule has 0 spiro atoms. The second-order valence-electron chi connectivity index (χ2n) is 4.72. The van der Waals surface area contributed by atoms with Crippen LogP contribution >= 0.6 is 0 Å². The minimum Gasteiger partial charge on any atom is -0.370 e. The van der Waals surface area contributed by atoms with E-state index >= 15 is 0 Å². The Morgan fingerprint density at radius 2 is 2.44 bits per heavy atom. The van der Waals surface area contributed by atoms with Gasteiger partial charge in [0.15, 0.2) is 0 Å². The number of aryl methyl sites for hydroxylation is 2. The molecular weight excluding hydrogens is 202 g/mol. The van der Waals surface area contributed by atoms with Gasteiger partial charge in [0.1, 0.15) is 0 Å². The molecule has 2 atom stereocenters. The molecular formula is C12H21N3O. The highest BCUT2D eigenvalue weighted by atomic mass is 16.5. The van der Waals surface area contributed by atoms with E-state index in [1.807, 2.05) is 18.7 Å². The highest BCUT2D eigenvalue weighted by Gasteiger charge is 2.21. The molecule has 16 heavy (non-hydrogen) atoms. The first-order valence-corrected chi connectivity index (χ1v) is 5.98. The Morgan fingerprint density at radius 1 is 1.62 bits per heavy atom. The number of piperidine rings is 1. The van der Waals surface area contributed by atoms with Gasteiger partial charge in [-0.1, -0.05) is 6.92 Å². The van der Waals surface area contributed by atoms with Crippen LogP contribution in [0.3, 0.4) is 0 Å². The fourth-order valence-electron chi connectivity index (χ4n) is 2.18. The Bertz CT molecular complexity index is 348. The summed E-state index contributed by atoms with van der Waals surface area (Å²) in [7, 11) is 1.97. The van der Waals surface area contributed by atoms with Crippen LogP contribution in [-0.4, -0.2) is 29.0 Å². The van der Waals surface area contributed by atoms with E-state index in [9.17, 15) is 0 Å². The van der Waals surface area contributed by atoms with E-state index in [1.165, 1.54) is 6.42 Å². The van der Waals surface area contributed by atoms with Gasteiger partial charge in [0.2, 0.25) is 0 Å². The predicted octanol–water partition coefficient (Wildman–Crippen LogP) is 1.24. The van der Waals surface area contributed by atoms with E-state index in [0.29, 0.717) is 18.6 Å². The van der Waals surface area contributed by atoms with Crippen molar-refractivity contribution in [2.75, 3.05) is 13.1 Å². The number of nitrogens with one attached hydrogen (secondary N) is 1. The zero-order chi connectivity index (χ0) is 11.5. The van der Waals surface area contributed by atoms with Crippen molar-refractivity contribution in [2.45, 2.75) is 33.0 Å². The second-order valence-corrected chi connectivity index (χ2v) is 4.72. The zero-order valence-corrected chi connectivity index (χ0v) is 10.4. The Kier molecular flexibility index (Phi) is 3.61. The third kappa shape index (κ3) is 2.62. The molecule has 1 fully saturated rings. The lowest BCUT2D eigenvalue weighted by Gasteiger charge is -2.29. The molecule has 1 N–H and O–H groups in total. The van der Waals surface area contributed by atoms with E-state index in [-0.39, 0.29) is 0 Å². The minimum absolute atomic E-state index is 0.337. The molecule has 0 radical (unpaired) electrons. The number of hydrogen-bond acceptors (Lipinski definition) is 3. The van der Waals surface area contributed by atoms with Crippen LogP contribution in [0.4, 0.5) is 0 Å². The Morgan fingerprint density at radius 3 is 3.06 bits per heavy atom. The van der Waals surface area contributed by atoms with Gasteiger partial charge >= 0.3 is 0 Å². The van der Waals surface area contributed by atoms with Crippen molar-refractivity contribution >= 4 is 0 Å². The minimum atomic E-state index is 0.337. The van der Waals surface area contributed by atoms with Crippen LogP contribution in [0.2, 0.25) is 0 Å². The van der Waals surface area contributed by atoms with Crippen molar-refractivity contribution in [1.82, 2.24) is 15.1 Å². The highest BCUT2D eigenvalue weighted by Crippen LogP contribution is 2.16. The number of nitrogens with zero attached hydrogens (tertiary/aromatic N) is 2. The summed E-state index contributed by atoms with van der Waals surface area (Å²) in [4.78, 5) is 0. The molecule has 1 saturated heterocycles. The van der Waals surface area contributed by atoms with Crippen LogP contribution in [0.5, 0.6) is 0 Å². The first-order chi connectivity index (χ1) is 7.66. The van der Waals surface area contributed by atoms with Crippen molar-refractivity contribution in [1.29, 1.82) is 0 Å². The van der Waals surface area contributed by atoms with Gasteiger partial charge in [-0.25, -0.2) is 0 Å². The maximum absolute atomic E-state index is 5.95. The summed E-state index contributed by atoms with van der Waals surface area (Å²) in [5, 5.41) is 7.69. The lowest BCUT2D eigenvalue weighted by atomic mass is 9.97. The molecule has 4 heteroatoms. The van der Waals surface area contributed by atoms with E-state index in [1.54, 1.807) is 0 Å². The van der Waals surface area contributed by atoms with Crippen LogP contribution in [0.15, 0.2) is 6.07 Å². The van der Waals surface area contributed by atoms with Gasteiger partial charge in [0, 0.05) is 13.6 Å². The molecule has 0 aromatic carbocycles. The molecule has 4 nitrogen and oxygen atoms in total. The molecule has 0 bridgehead atoms. The molecule has 0 amide bonds. The van der Waals surface area contributed by atoms with Gasteiger partial charge in [-0.05, 0) is 31.9 Å². The predicted molar refractivity (Wildman–Crippen MR) is 63.2 cm³/mol. The standard InChI is InChI=1S/C12H21N3O/c1-9-4-5-13-7-12(9)16-8-11-6-10(2)14-15(11)3/h6,9,12-13H,4-5,7-8H2,1-3H3. The largest absolute Gasteiger partial charge is 0.370 e. The van der Waals surface area contributed by atoms with Gasteiger partial charge in [0.25, 0.3) is 0 Å². The van der Waals surface area contributed by atoms with Gasteiger partial charge < -0.3 is 10.1 Å². The number of rotatable bonds is 3. The van der Waals surface area contributed by atoms with Crippen molar-refractivity contribution in [2.24, 2.45) is 13.0 Å². The third-order valence-electron chi connectivity index (χ3n) is 3.30. The molecule has 1 aromatic rings. The Labute approximate surface area is 97.0 Å². The summed E-state index contributed by atoms with van der Waals surface area (Å²) in [5.41, 5.74) is 2.20. The molecule has 2 heterocycles. The summed E-state index contributed by atoms with van der Waals surface area (Å²) in [6.07, 6.45) is 1.54. The van der Waals surface area contributed by atoms with Gasteiger partial charge in [0.05, 0.1) is 24.1 Å². The molecule has 1 aromatic heterocycles. The van der Waals surface area contributed by atoms with Crippen molar-refractivity contribution < 1.29 is 4.74 Å². The first kappa shape index (κ1) is 11.6. The normalized spacial score (nSPS) is 25.9. The van der Waals surface area contributed by atoms with Crippen LogP contribution in [0.25, 0.3) is 0 Å². The monoisotopic (exact) mass is 223 g/mol. The van der Waals surface area contributed by atoms with Gasteiger partial charge in [-0.2, -0.15) is 5.10 Å². The Balaban J connectivity index is 1.89. The topological polar surface area (TPSA) is 39.1 Å². The van der Waals surface area contributed by atoms with Crippen LogP contribution in [0, 0.1) is 12.8 Å². The number of hydrogen-bond donors (Lipinski definition) is 1. The fourth-order valence-corrected chi connectivity index (χ4v) is 2.18. The van der Waals surface area contributed by atoms with Gasteiger partial charge in [-0.3, -0.25) is 4.68 Å². The molecule has 2 unspecified atom stereocenters. The van der Waals surface area contributed by atoms with E-state index in [0.717, 1.165) is 24.5 Å². The lowest BCUT2D eigenvalue weighted by Crippen LogP contribution is -2.41. The second kappa shape index (κ2) is 4.97. The van der Waals surface area contributed by atoms with E-state index in [4.69, 9.17) is 4.74 Å². The van der Waals surface area contributed by atoms with E-state index in [2.05, 4.69) is 23.4 Å². The summed E-state index contributed by atoms with van der Waals surface area (Å²) < 4.78 is 7.85.